The third-order valence-corrected chi connectivity index (χ3v) is 4.97. The van der Waals surface area contributed by atoms with E-state index in [0.29, 0.717) is 17.0 Å². The molecule has 0 aliphatic carbocycles. The molecule has 0 aliphatic heterocycles. The van der Waals surface area contributed by atoms with Crippen LogP contribution < -0.4 is 10.5 Å². The van der Waals surface area contributed by atoms with Gasteiger partial charge in [-0.05, 0) is 67.6 Å². The van der Waals surface area contributed by atoms with Crippen molar-refractivity contribution in [1.82, 2.24) is 0 Å². The van der Waals surface area contributed by atoms with Crippen molar-refractivity contribution in [2.75, 3.05) is 5.32 Å². The number of hydrogen-bond acceptors (Lipinski definition) is 6. The minimum Gasteiger partial charge on any atom is -0.449 e. The lowest BCUT2D eigenvalue weighted by Gasteiger charge is -2.13. The summed E-state index contributed by atoms with van der Waals surface area (Å²) < 4.78 is 46.0. The molecule has 0 saturated heterocycles. The van der Waals surface area contributed by atoms with E-state index < -0.39 is 33.8 Å². The van der Waals surface area contributed by atoms with Gasteiger partial charge in [-0.2, -0.15) is 0 Å². The fourth-order valence-corrected chi connectivity index (χ4v) is 2.98. The number of sulfonamides is 1. The van der Waals surface area contributed by atoms with Crippen molar-refractivity contribution >= 4 is 27.6 Å². The first-order chi connectivity index (χ1) is 14.1. The van der Waals surface area contributed by atoms with Gasteiger partial charge in [0, 0.05) is 11.3 Å². The number of hydrogen-bond donors (Lipinski definition) is 2. The summed E-state index contributed by atoms with van der Waals surface area (Å²) in [5.41, 5.74) is 0.871. The van der Waals surface area contributed by atoms with Gasteiger partial charge in [0.05, 0.1) is 4.90 Å². The van der Waals surface area contributed by atoms with Gasteiger partial charge in [-0.1, -0.05) is 0 Å². The van der Waals surface area contributed by atoms with Crippen molar-refractivity contribution < 1.29 is 31.6 Å². The van der Waals surface area contributed by atoms with E-state index in [1.165, 1.54) is 67.6 Å². The highest BCUT2D eigenvalue weighted by Gasteiger charge is 2.22. The predicted octanol–water partition coefficient (Wildman–Crippen LogP) is 2.92. The van der Waals surface area contributed by atoms with Gasteiger partial charge >= 0.3 is 5.97 Å². The minimum absolute atomic E-state index is 0.102. The number of benzene rings is 2. The molecule has 156 valence electrons. The van der Waals surface area contributed by atoms with Gasteiger partial charge in [-0.15, -0.1) is 0 Å². The summed E-state index contributed by atoms with van der Waals surface area (Å²) >= 11 is 0. The van der Waals surface area contributed by atoms with Crippen LogP contribution in [0.5, 0.6) is 0 Å². The normalized spacial score (nSPS) is 12.2. The van der Waals surface area contributed by atoms with Crippen LogP contribution in [-0.2, 0) is 19.6 Å². The lowest BCUT2D eigenvalue weighted by molar-refractivity contribution is -0.123. The van der Waals surface area contributed by atoms with Gasteiger partial charge in [0.1, 0.15) is 11.6 Å². The fraction of sp³-hybridized carbons (Fsp3) is 0.100. The van der Waals surface area contributed by atoms with Gasteiger partial charge in [-0.3, -0.25) is 4.79 Å². The van der Waals surface area contributed by atoms with E-state index in [4.69, 9.17) is 14.3 Å². The van der Waals surface area contributed by atoms with Crippen molar-refractivity contribution in [3.05, 3.63) is 72.2 Å². The van der Waals surface area contributed by atoms with E-state index in [0.717, 1.165) is 0 Å². The average Bonchev–Trinajstić information content (AvgIpc) is 3.18. The Labute approximate surface area is 171 Å². The summed E-state index contributed by atoms with van der Waals surface area (Å²) in [4.78, 5) is 24.3. The van der Waals surface area contributed by atoms with Crippen molar-refractivity contribution in [2.45, 2.75) is 17.9 Å². The topological polar surface area (TPSA) is 129 Å². The monoisotopic (exact) mass is 432 g/mol. The Morgan fingerprint density at radius 3 is 2.27 bits per heavy atom. The summed E-state index contributed by atoms with van der Waals surface area (Å²) in [6.45, 7) is 1.37. The molecular weight excluding hydrogens is 415 g/mol. The second-order valence-corrected chi connectivity index (χ2v) is 7.84. The van der Waals surface area contributed by atoms with Crippen LogP contribution in [0.2, 0.25) is 0 Å². The molecule has 3 N–H and O–H groups in total. The van der Waals surface area contributed by atoms with E-state index in [1.54, 1.807) is 0 Å². The lowest BCUT2D eigenvalue weighted by Crippen LogP contribution is -2.29. The second kappa shape index (κ2) is 8.47. The number of carbonyl (C=O) groups is 2. The van der Waals surface area contributed by atoms with Gasteiger partial charge < -0.3 is 14.5 Å². The number of nitrogens with one attached hydrogen (secondary N) is 1. The first kappa shape index (κ1) is 21.2. The molecule has 0 aliphatic rings. The molecule has 10 heteroatoms. The molecule has 0 radical (unpaired) electrons. The minimum atomic E-state index is -3.84. The van der Waals surface area contributed by atoms with Crippen LogP contribution in [-0.4, -0.2) is 26.4 Å². The number of halogens is 1. The SMILES string of the molecule is C[C@H](OC(=O)c1ccc(-c2ccc(F)cc2)o1)C(=O)Nc1ccc(S(N)(=O)=O)cc1. The number of anilines is 1. The van der Waals surface area contributed by atoms with Gasteiger partial charge in [0.15, 0.2) is 6.10 Å². The number of rotatable bonds is 6. The van der Waals surface area contributed by atoms with Gasteiger partial charge in [-0.25, -0.2) is 22.7 Å². The van der Waals surface area contributed by atoms with E-state index >= 15 is 0 Å². The molecule has 3 aromatic rings. The number of furan rings is 1. The van der Waals surface area contributed by atoms with Gasteiger partial charge in [0.2, 0.25) is 15.8 Å². The molecule has 30 heavy (non-hydrogen) atoms. The van der Waals surface area contributed by atoms with Crippen LogP contribution in [0.25, 0.3) is 11.3 Å². The van der Waals surface area contributed by atoms with E-state index in [2.05, 4.69) is 5.32 Å². The highest BCUT2D eigenvalue weighted by atomic mass is 32.2. The Kier molecular flexibility index (Phi) is 5.99. The molecule has 0 fully saturated rings. The number of carbonyl (C=O) groups excluding carboxylic acids is 2. The molecule has 1 atom stereocenters. The first-order valence-corrected chi connectivity index (χ1v) is 10.2. The summed E-state index contributed by atoms with van der Waals surface area (Å²) in [6, 6.07) is 13.6. The third kappa shape index (κ3) is 5.10. The molecule has 3 rings (SSSR count). The molecule has 1 heterocycles. The van der Waals surface area contributed by atoms with Crippen LogP contribution >= 0.6 is 0 Å². The van der Waals surface area contributed by atoms with Crippen molar-refractivity contribution in [3.63, 3.8) is 0 Å². The van der Waals surface area contributed by atoms with E-state index in [9.17, 15) is 22.4 Å². The van der Waals surface area contributed by atoms with E-state index in [1.807, 2.05) is 0 Å². The van der Waals surface area contributed by atoms with Crippen molar-refractivity contribution in [3.8, 4) is 11.3 Å². The van der Waals surface area contributed by atoms with Crippen molar-refractivity contribution in [2.24, 2.45) is 5.14 Å². The molecule has 0 unspecified atom stereocenters. The maximum absolute atomic E-state index is 13.0. The third-order valence-electron chi connectivity index (χ3n) is 4.04. The zero-order valence-electron chi connectivity index (χ0n) is 15.7. The Balaban J connectivity index is 1.61. The highest BCUT2D eigenvalue weighted by molar-refractivity contribution is 7.89. The van der Waals surface area contributed by atoms with Crippen LogP contribution in [0, 0.1) is 5.82 Å². The largest absolute Gasteiger partial charge is 0.449 e. The summed E-state index contributed by atoms with van der Waals surface area (Å²) in [6.07, 6.45) is -1.16. The number of primary sulfonamides is 1. The molecule has 2 aromatic carbocycles. The molecule has 0 bridgehead atoms. The number of esters is 1. The molecule has 0 saturated carbocycles. The maximum Gasteiger partial charge on any atom is 0.375 e. The zero-order valence-corrected chi connectivity index (χ0v) is 16.5. The number of ether oxygens (including phenoxy) is 1. The van der Waals surface area contributed by atoms with Crippen molar-refractivity contribution in [1.29, 1.82) is 0 Å². The van der Waals surface area contributed by atoms with Crippen LogP contribution in [0.4, 0.5) is 10.1 Å². The molecule has 0 spiro atoms. The predicted molar refractivity (Wildman–Crippen MR) is 105 cm³/mol. The zero-order chi connectivity index (χ0) is 21.9. The average molecular weight is 432 g/mol. The quantitative estimate of drug-likeness (QED) is 0.576. The number of amides is 1. The highest BCUT2D eigenvalue weighted by Crippen LogP contribution is 2.23. The molecule has 8 nitrogen and oxygen atoms in total. The standard InChI is InChI=1S/C20H17FN2O6S/c1-12(19(24)23-15-6-8-16(9-7-15)30(22,26)27)28-20(25)18-11-10-17(29-18)13-2-4-14(21)5-3-13/h2-12H,1H3,(H,23,24)(H2,22,26,27)/t12-/m0/s1. The summed E-state index contributed by atoms with van der Waals surface area (Å²) in [5, 5.41) is 7.51. The van der Waals surface area contributed by atoms with E-state index in [-0.39, 0.29) is 10.7 Å². The maximum atomic E-state index is 13.0. The first-order valence-electron chi connectivity index (χ1n) is 8.64. The summed E-state index contributed by atoms with van der Waals surface area (Å²) in [5.74, 6) is -1.66. The Hall–Kier alpha value is -3.50. The molecule has 1 aromatic heterocycles. The van der Waals surface area contributed by atoms with Crippen LogP contribution in [0.1, 0.15) is 17.5 Å². The Bertz CT molecular complexity index is 1170. The molecular formula is C20H17FN2O6S. The second-order valence-electron chi connectivity index (χ2n) is 6.28. The number of nitrogens with two attached hydrogens (primary N) is 1. The Morgan fingerprint density at radius 2 is 1.67 bits per heavy atom. The van der Waals surface area contributed by atoms with Crippen LogP contribution in [0.15, 0.2) is 70.0 Å². The fourth-order valence-electron chi connectivity index (χ4n) is 2.46. The lowest BCUT2D eigenvalue weighted by atomic mass is 10.2. The van der Waals surface area contributed by atoms with Crippen LogP contribution in [0.3, 0.4) is 0 Å². The smallest absolute Gasteiger partial charge is 0.375 e. The Morgan fingerprint density at radius 1 is 1.03 bits per heavy atom. The molecule has 1 amide bonds. The van der Waals surface area contributed by atoms with Gasteiger partial charge in [0.25, 0.3) is 5.91 Å². The summed E-state index contributed by atoms with van der Waals surface area (Å²) in [7, 11) is -3.84.